The van der Waals surface area contributed by atoms with Gasteiger partial charge in [-0.05, 0) is 61.0 Å². The molecule has 1 N–H and O–H groups in total. The first-order chi connectivity index (χ1) is 16.8. The minimum atomic E-state index is -3.96. The molecule has 0 aliphatic carbocycles. The molecule has 0 spiro atoms. The number of carbonyl (C=O) groups excluding carboxylic acids is 1. The average molecular weight is 554 g/mol. The second-order valence-electron chi connectivity index (χ2n) is 7.35. The van der Waals surface area contributed by atoms with E-state index in [1.54, 1.807) is 72.4 Å². The van der Waals surface area contributed by atoms with Crippen molar-refractivity contribution < 1.29 is 17.9 Å². The van der Waals surface area contributed by atoms with E-state index in [1.807, 2.05) is 6.92 Å². The number of thioether (sulfide) groups is 1. The van der Waals surface area contributed by atoms with E-state index in [0.29, 0.717) is 46.1 Å². The maximum absolute atomic E-state index is 13.4. The molecular weight excluding hydrogens is 527 g/mol. The smallest absolute Gasteiger partial charge is 0.264 e. The van der Waals surface area contributed by atoms with Crippen LogP contribution < -0.4 is 14.4 Å². The number of halogens is 2. The topological polar surface area (TPSA) is 75.7 Å². The van der Waals surface area contributed by atoms with Crippen molar-refractivity contribution in [3.05, 3.63) is 88.4 Å². The Morgan fingerprint density at radius 3 is 2.26 bits per heavy atom. The minimum Gasteiger partial charge on any atom is -0.494 e. The van der Waals surface area contributed by atoms with Gasteiger partial charge in [-0.1, -0.05) is 47.5 Å². The van der Waals surface area contributed by atoms with Crippen molar-refractivity contribution in [3.63, 3.8) is 0 Å². The summed E-state index contributed by atoms with van der Waals surface area (Å²) in [6.45, 7) is 2.38. The highest BCUT2D eigenvalue weighted by Crippen LogP contribution is 2.28. The fourth-order valence-corrected chi connectivity index (χ4v) is 6.24. The monoisotopic (exact) mass is 552 g/mol. The number of benzene rings is 3. The summed E-state index contributed by atoms with van der Waals surface area (Å²) >= 11 is 14.0. The fraction of sp³-hybridized carbons (Fsp3) is 0.240. The molecule has 186 valence electrons. The van der Waals surface area contributed by atoms with Crippen LogP contribution in [-0.4, -0.2) is 39.8 Å². The van der Waals surface area contributed by atoms with E-state index in [9.17, 15) is 13.2 Å². The Morgan fingerprint density at radius 1 is 0.971 bits per heavy atom. The Balaban J connectivity index is 1.65. The van der Waals surface area contributed by atoms with Crippen molar-refractivity contribution in [2.75, 3.05) is 29.8 Å². The highest BCUT2D eigenvalue weighted by molar-refractivity contribution is 7.98. The lowest BCUT2D eigenvalue weighted by atomic mass is 10.2. The van der Waals surface area contributed by atoms with Gasteiger partial charge in [-0.2, -0.15) is 11.8 Å². The van der Waals surface area contributed by atoms with Gasteiger partial charge in [0.1, 0.15) is 12.3 Å². The summed E-state index contributed by atoms with van der Waals surface area (Å²) in [6, 6.07) is 20.0. The van der Waals surface area contributed by atoms with E-state index in [1.165, 1.54) is 12.1 Å². The van der Waals surface area contributed by atoms with Crippen LogP contribution in [0, 0.1) is 0 Å². The Kier molecular flexibility index (Phi) is 10.2. The zero-order valence-corrected chi connectivity index (χ0v) is 22.3. The van der Waals surface area contributed by atoms with Crippen molar-refractivity contribution >= 4 is 56.6 Å². The lowest BCUT2D eigenvalue weighted by Crippen LogP contribution is -2.41. The zero-order chi connectivity index (χ0) is 25.3. The van der Waals surface area contributed by atoms with Gasteiger partial charge in [0.15, 0.2) is 0 Å². The van der Waals surface area contributed by atoms with Crippen molar-refractivity contribution in [1.29, 1.82) is 0 Å². The molecule has 0 fully saturated rings. The summed E-state index contributed by atoms with van der Waals surface area (Å²) in [6.07, 6.45) is 0. The van der Waals surface area contributed by atoms with Crippen LogP contribution in [0.15, 0.2) is 77.7 Å². The molecule has 0 bridgehead atoms. The fourth-order valence-electron chi connectivity index (χ4n) is 3.20. The summed E-state index contributed by atoms with van der Waals surface area (Å²) in [4.78, 5) is 12.8. The van der Waals surface area contributed by atoms with Crippen LogP contribution in [0.2, 0.25) is 10.0 Å². The largest absolute Gasteiger partial charge is 0.494 e. The number of ether oxygens (including phenoxy) is 1. The molecule has 10 heteroatoms. The molecule has 3 aromatic rings. The molecule has 3 rings (SSSR count). The third-order valence-electron chi connectivity index (χ3n) is 4.93. The number of nitrogens with one attached hydrogen (secondary N) is 1. The number of carbonyl (C=O) groups is 1. The van der Waals surface area contributed by atoms with E-state index < -0.39 is 15.9 Å². The van der Waals surface area contributed by atoms with E-state index in [-0.39, 0.29) is 11.4 Å². The van der Waals surface area contributed by atoms with Crippen LogP contribution in [0.1, 0.15) is 12.5 Å². The molecule has 35 heavy (non-hydrogen) atoms. The number of hydrogen-bond acceptors (Lipinski definition) is 5. The van der Waals surface area contributed by atoms with Crippen molar-refractivity contribution in [2.24, 2.45) is 0 Å². The molecule has 0 radical (unpaired) electrons. The highest BCUT2D eigenvalue weighted by atomic mass is 35.5. The molecule has 0 atom stereocenters. The Bertz CT molecular complexity index is 1200. The third-order valence-corrected chi connectivity index (χ3v) is 8.41. The highest BCUT2D eigenvalue weighted by Gasteiger charge is 2.27. The van der Waals surface area contributed by atoms with Gasteiger partial charge in [-0.3, -0.25) is 9.10 Å². The number of hydrogen-bond donors (Lipinski definition) is 1. The lowest BCUT2D eigenvalue weighted by Gasteiger charge is -2.24. The third kappa shape index (κ3) is 7.54. The summed E-state index contributed by atoms with van der Waals surface area (Å²) in [5.41, 5.74) is 1.22. The first-order valence-electron chi connectivity index (χ1n) is 10.9. The second-order valence-corrected chi connectivity index (χ2v) is 11.1. The Labute approximate surface area is 220 Å². The van der Waals surface area contributed by atoms with Gasteiger partial charge >= 0.3 is 0 Å². The van der Waals surface area contributed by atoms with E-state index in [4.69, 9.17) is 27.9 Å². The molecular formula is C25H26Cl2N2O4S2. The van der Waals surface area contributed by atoms with Gasteiger partial charge in [0.25, 0.3) is 10.0 Å². The van der Waals surface area contributed by atoms with Crippen LogP contribution in [0.25, 0.3) is 0 Å². The molecule has 0 aromatic heterocycles. The van der Waals surface area contributed by atoms with E-state index in [2.05, 4.69) is 5.32 Å². The number of rotatable bonds is 12. The van der Waals surface area contributed by atoms with Crippen LogP contribution in [0.4, 0.5) is 5.69 Å². The predicted octanol–water partition coefficient (Wildman–Crippen LogP) is 5.64. The van der Waals surface area contributed by atoms with Crippen LogP contribution in [-0.2, 0) is 20.6 Å². The Hall–Kier alpha value is -2.39. The molecule has 0 saturated carbocycles. The first-order valence-corrected chi connectivity index (χ1v) is 14.3. The van der Waals surface area contributed by atoms with Crippen molar-refractivity contribution in [1.82, 2.24) is 5.32 Å². The van der Waals surface area contributed by atoms with Crippen LogP contribution in [0.5, 0.6) is 5.75 Å². The summed E-state index contributed by atoms with van der Waals surface area (Å²) in [7, 11) is -3.96. The van der Waals surface area contributed by atoms with Crippen LogP contribution >= 0.6 is 35.0 Å². The van der Waals surface area contributed by atoms with Crippen LogP contribution in [0.3, 0.4) is 0 Å². The number of amides is 1. The standard InChI is InChI=1S/C25H26Cl2N2O4S2/c1-2-33-20-13-11-19(12-14-20)29(35(31,32)21-7-4-3-5-8-21)17-25(30)28-15-16-34-18-22-23(26)9-6-10-24(22)27/h3-14H,2,15-18H2,1H3,(H,28,30). The molecule has 1 amide bonds. The van der Waals surface area contributed by atoms with Gasteiger partial charge < -0.3 is 10.1 Å². The molecule has 3 aromatic carbocycles. The summed E-state index contributed by atoms with van der Waals surface area (Å²) in [5.74, 6) is 1.43. The molecule has 6 nitrogen and oxygen atoms in total. The van der Waals surface area contributed by atoms with Crippen molar-refractivity contribution in [2.45, 2.75) is 17.6 Å². The predicted molar refractivity (Wildman–Crippen MR) is 144 cm³/mol. The first kappa shape index (κ1) is 27.2. The summed E-state index contributed by atoms with van der Waals surface area (Å²) in [5, 5.41) is 4.00. The lowest BCUT2D eigenvalue weighted by molar-refractivity contribution is -0.119. The molecule has 0 aliphatic rings. The molecule has 0 unspecified atom stereocenters. The molecule has 0 heterocycles. The van der Waals surface area contributed by atoms with Crippen molar-refractivity contribution in [3.8, 4) is 5.75 Å². The average Bonchev–Trinajstić information content (AvgIpc) is 2.85. The summed E-state index contributed by atoms with van der Waals surface area (Å²) < 4.78 is 33.3. The SMILES string of the molecule is CCOc1ccc(N(CC(=O)NCCSCc2c(Cl)cccc2Cl)S(=O)(=O)c2ccccc2)cc1. The van der Waals surface area contributed by atoms with Gasteiger partial charge in [0, 0.05) is 28.1 Å². The normalized spacial score (nSPS) is 11.2. The number of anilines is 1. The van der Waals surface area contributed by atoms with E-state index in [0.717, 1.165) is 9.87 Å². The zero-order valence-electron chi connectivity index (χ0n) is 19.1. The number of nitrogens with zero attached hydrogens (tertiary/aromatic N) is 1. The van der Waals surface area contributed by atoms with E-state index >= 15 is 0 Å². The maximum atomic E-state index is 13.4. The van der Waals surface area contributed by atoms with Gasteiger partial charge in [-0.15, -0.1) is 0 Å². The second kappa shape index (κ2) is 13.1. The number of sulfonamides is 1. The molecule has 0 aliphatic heterocycles. The molecule has 0 saturated heterocycles. The van der Waals surface area contributed by atoms with Gasteiger partial charge in [0.2, 0.25) is 5.91 Å². The quantitative estimate of drug-likeness (QED) is 0.294. The van der Waals surface area contributed by atoms with Gasteiger partial charge in [-0.25, -0.2) is 8.42 Å². The maximum Gasteiger partial charge on any atom is 0.264 e. The minimum absolute atomic E-state index is 0.105. The Morgan fingerprint density at radius 2 is 1.63 bits per heavy atom. The van der Waals surface area contributed by atoms with Gasteiger partial charge in [0.05, 0.1) is 17.2 Å².